The van der Waals surface area contributed by atoms with Crippen molar-refractivity contribution in [3.63, 3.8) is 0 Å². The van der Waals surface area contributed by atoms with E-state index in [1.54, 1.807) is 0 Å². The van der Waals surface area contributed by atoms with Crippen LogP contribution in [-0.4, -0.2) is 56.4 Å². The van der Waals surface area contributed by atoms with Gasteiger partial charge in [-0.3, -0.25) is 9.59 Å². The Morgan fingerprint density at radius 3 is 1.44 bits per heavy atom. The zero-order chi connectivity index (χ0) is 24.7. The lowest BCUT2D eigenvalue weighted by Crippen LogP contribution is -2.60. The number of carbonyl (C=O) groups is 2. The summed E-state index contributed by atoms with van der Waals surface area (Å²) in [6.45, 7) is 16.7. The highest BCUT2D eigenvalue weighted by molar-refractivity contribution is 5.80. The van der Waals surface area contributed by atoms with Crippen LogP contribution in [0.25, 0.3) is 0 Å². The molecule has 2 aliphatic rings. The van der Waals surface area contributed by atoms with Gasteiger partial charge in [-0.05, 0) is 61.8 Å². The fraction of sp³-hybridized carbons (Fsp3) is 0.917. The van der Waals surface area contributed by atoms with Gasteiger partial charge in [0.1, 0.15) is 12.2 Å². The van der Waals surface area contributed by atoms with E-state index in [9.17, 15) is 20.0 Å². The third-order valence-electron chi connectivity index (χ3n) is 6.93. The van der Waals surface area contributed by atoms with Crippen LogP contribution < -0.4 is 0 Å². The maximum atomic E-state index is 12.9. The molecule has 2 fully saturated rings. The van der Waals surface area contributed by atoms with E-state index in [-0.39, 0.29) is 18.6 Å². The lowest BCUT2D eigenvalue weighted by Gasteiger charge is -2.49. The van der Waals surface area contributed by atoms with Crippen molar-refractivity contribution in [1.29, 1.82) is 0 Å². The number of hydrogen-bond acceptors (Lipinski definition) is 6. The van der Waals surface area contributed by atoms with Gasteiger partial charge < -0.3 is 9.47 Å². The van der Waals surface area contributed by atoms with Gasteiger partial charge in [-0.25, -0.2) is 0 Å². The SMILES string of the molecule is CCC(CC(=O)OC1CC(C)(C)N([O])C(C)(C)C1)C(=O)OC1CC(C)(C)N([O])C(C)(C)C1. The van der Waals surface area contributed by atoms with Crippen LogP contribution >= 0.6 is 0 Å². The Morgan fingerprint density at radius 1 is 0.750 bits per heavy atom. The molecule has 0 saturated carbocycles. The number of esters is 2. The quantitative estimate of drug-likeness (QED) is 0.557. The summed E-state index contributed by atoms with van der Waals surface area (Å²) in [5.41, 5.74) is -2.54. The van der Waals surface area contributed by atoms with E-state index < -0.39 is 40.0 Å². The molecule has 0 aromatic carbocycles. The van der Waals surface area contributed by atoms with Crippen LogP contribution in [-0.2, 0) is 29.5 Å². The first-order valence-corrected chi connectivity index (χ1v) is 11.8. The molecule has 0 N–H and O–H groups in total. The summed E-state index contributed by atoms with van der Waals surface area (Å²) in [5, 5.41) is 27.2. The first-order chi connectivity index (χ1) is 14.4. The zero-order valence-electron chi connectivity index (χ0n) is 21.3. The minimum Gasteiger partial charge on any atom is -0.462 e. The Balaban J connectivity index is 1.96. The summed E-state index contributed by atoms with van der Waals surface area (Å²) in [4.78, 5) is 25.5. The van der Waals surface area contributed by atoms with Crippen LogP contribution in [0.15, 0.2) is 0 Å². The van der Waals surface area contributed by atoms with Gasteiger partial charge in [-0.1, -0.05) is 6.92 Å². The van der Waals surface area contributed by atoms with Crippen LogP contribution in [0.4, 0.5) is 0 Å². The Kier molecular flexibility index (Phi) is 7.77. The first-order valence-electron chi connectivity index (χ1n) is 11.8. The minimum atomic E-state index is -0.636. The molecule has 0 aromatic heterocycles. The number of nitrogens with zero attached hydrogens (tertiary/aromatic N) is 2. The number of piperidine rings is 2. The van der Waals surface area contributed by atoms with Crippen molar-refractivity contribution in [3.8, 4) is 0 Å². The van der Waals surface area contributed by atoms with Gasteiger partial charge in [0.05, 0.1) is 12.3 Å². The number of ether oxygens (including phenoxy) is 2. The molecule has 2 saturated heterocycles. The number of carbonyl (C=O) groups excluding carboxylic acids is 2. The van der Waals surface area contributed by atoms with Crippen LogP contribution in [0.1, 0.15) is 101 Å². The lowest BCUT2D eigenvalue weighted by molar-refractivity contribution is -0.300. The van der Waals surface area contributed by atoms with E-state index in [0.29, 0.717) is 32.1 Å². The van der Waals surface area contributed by atoms with E-state index >= 15 is 0 Å². The molecule has 1 unspecified atom stereocenters. The van der Waals surface area contributed by atoms with Crippen molar-refractivity contribution in [2.75, 3.05) is 0 Å². The summed E-state index contributed by atoms with van der Waals surface area (Å²) in [7, 11) is 0. The molecule has 2 rings (SSSR count). The Bertz CT molecular complexity index is 667. The molecular weight excluding hydrogens is 412 g/mol. The number of hydrogen-bond donors (Lipinski definition) is 0. The second kappa shape index (κ2) is 9.20. The fourth-order valence-electron chi connectivity index (χ4n) is 5.60. The molecule has 8 nitrogen and oxygen atoms in total. The molecule has 1 atom stereocenters. The molecule has 184 valence electrons. The average molecular weight is 455 g/mol. The predicted octanol–water partition coefficient (Wildman–Crippen LogP) is 4.22. The molecule has 2 heterocycles. The van der Waals surface area contributed by atoms with Crippen molar-refractivity contribution in [3.05, 3.63) is 0 Å². The molecular formula is C24H42N2O6. The van der Waals surface area contributed by atoms with Crippen molar-refractivity contribution in [2.45, 2.75) is 135 Å². The smallest absolute Gasteiger partial charge is 0.309 e. The highest BCUT2D eigenvalue weighted by Gasteiger charge is 2.49. The summed E-state index contributed by atoms with van der Waals surface area (Å²) in [6, 6.07) is 0. The summed E-state index contributed by atoms with van der Waals surface area (Å²) in [6.07, 6.45) is 1.46. The van der Waals surface area contributed by atoms with Gasteiger partial charge in [-0.2, -0.15) is 0 Å². The van der Waals surface area contributed by atoms with Gasteiger partial charge in [0.25, 0.3) is 0 Å². The molecule has 0 spiro atoms. The van der Waals surface area contributed by atoms with Crippen LogP contribution in [0.5, 0.6) is 0 Å². The lowest BCUT2D eigenvalue weighted by atomic mass is 9.80. The van der Waals surface area contributed by atoms with E-state index in [0.717, 1.165) is 10.1 Å². The largest absolute Gasteiger partial charge is 0.462 e. The van der Waals surface area contributed by atoms with E-state index in [1.165, 1.54) is 0 Å². The topological polar surface area (TPSA) is 98.9 Å². The maximum Gasteiger partial charge on any atom is 0.309 e. The Hall–Kier alpha value is -1.22. The fourth-order valence-corrected chi connectivity index (χ4v) is 5.60. The van der Waals surface area contributed by atoms with Crippen LogP contribution in [0, 0.1) is 5.92 Å². The molecule has 0 bridgehead atoms. The van der Waals surface area contributed by atoms with Gasteiger partial charge in [-0.15, -0.1) is 20.5 Å². The molecule has 2 aliphatic heterocycles. The second-order valence-electron chi connectivity index (χ2n) is 12.1. The third-order valence-corrected chi connectivity index (χ3v) is 6.93. The Morgan fingerprint density at radius 2 is 1.09 bits per heavy atom. The summed E-state index contributed by atoms with van der Waals surface area (Å²) in [5.74, 6) is -1.46. The van der Waals surface area contributed by atoms with Gasteiger partial charge in [0.2, 0.25) is 0 Å². The van der Waals surface area contributed by atoms with Crippen LogP contribution in [0.2, 0.25) is 0 Å². The molecule has 8 heteroatoms. The van der Waals surface area contributed by atoms with Gasteiger partial charge >= 0.3 is 11.9 Å². The highest BCUT2D eigenvalue weighted by Crippen LogP contribution is 2.40. The molecule has 0 aromatic rings. The standard InChI is InChI=1S/C24H42N2O6/c1-10-16(20(28)32-18-14-23(6,7)26(30)24(8,9)15-18)11-19(27)31-17-12-21(2,3)25(29)22(4,5)13-17/h16-18H,10-15H2,1-9H3. The highest BCUT2D eigenvalue weighted by atomic mass is 16.6. The van der Waals surface area contributed by atoms with Gasteiger partial charge in [0, 0.05) is 47.8 Å². The van der Waals surface area contributed by atoms with Gasteiger partial charge in [0.15, 0.2) is 0 Å². The van der Waals surface area contributed by atoms with Crippen LogP contribution in [0.3, 0.4) is 0 Å². The van der Waals surface area contributed by atoms with E-state index in [1.807, 2.05) is 62.3 Å². The zero-order valence-corrected chi connectivity index (χ0v) is 21.3. The van der Waals surface area contributed by atoms with Crippen molar-refractivity contribution in [2.24, 2.45) is 5.92 Å². The molecule has 0 aliphatic carbocycles. The van der Waals surface area contributed by atoms with E-state index in [4.69, 9.17) is 9.47 Å². The monoisotopic (exact) mass is 454 g/mol. The predicted molar refractivity (Wildman–Crippen MR) is 118 cm³/mol. The second-order valence-corrected chi connectivity index (χ2v) is 12.1. The maximum absolute atomic E-state index is 12.9. The summed E-state index contributed by atoms with van der Waals surface area (Å²) < 4.78 is 11.5. The van der Waals surface area contributed by atoms with Crippen molar-refractivity contribution >= 4 is 11.9 Å². The average Bonchev–Trinajstić information content (AvgIpc) is 2.61. The molecule has 2 radical (unpaired) electrons. The Labute approximate surface area is 193 Å². The van der Waals surface area contributed by atoms with E-state index in [2.05, 4.69) is 0 Å². The number of hydroxylamine groups is 4. The third kappa shape index (κ3) is 6.01. The summed E-state index contributed by atoms with van der Waals surface area (Å²) >= 11 is 0. The van der Waals surface area contributed by atoms with Crippen molar-refractivity contribution in [1.82, 2.24) is 10.1 Å². The molecule has 32 heavy (non-hydrogen) atoms. The number of rotatable bonds is 6. The molecule has 0 amide bonds. The minimum absolute atomic E-state index is 0.0546. The van der Waals surface area contributed by atoms with Crippen molar-refractivity contribution < 1.29 is 29.5 Å². The first kappa shape index (κ1) is 27.0. The normalized spacial score (nSPS) is 27.0.